The standard InChI is InChI=1S/C22H26N4O2/c1-17-7-5-8-18(15-17)26-20(16-19(24-26)21-9-6-14-28-21)22(27)23-10-13-25-11-3-2-4-12-25/h5-9,14-16H,2-4,10-13H2,1H3,(H,23,27)/p+1. The van der Waals surface area contributed by atoms with E-state index in [0.29, 0.717) is 23.7 Å². The highest BCUT2D eigenvalue weighted by Crippen LogP contribution is 2.22. The van der Waals surface area contributed by atoms with Crippen LogP contribution in [0, 0.1) is 6.92 Å². The Labute approximate surface area is 165 Å². The number of piperidine rings is 1. The first kappa shape index (κ1) is 18.5. The number of quaternary nitrogens is 1. The second kappa shape index (κ2) is 8.44. The number of amides is 1. The Bertz CT molecular complexity index is 924. The minimum atomic E-state index is -0.108. The van der Waals surface area contributed by atoms with Crippen molar-refractivity contribution in [3.63, 3.8) is 0 Å². The number of furan rings is 1. The van der Waals surface area contributed by atoms with E-state index in [1.807, 2.05) is 43.3 Å². The molecule has 0 spiro atoms. The van der Waals surface area contributed by atoms with Gasteiger partial charge in [0.1, 0.15) is 11.4 Å². The van der Waals surface area contributed by atoms with E-state index in [0.717, 1.165) is 17.8 Å². The van der Waals surface area contributed by atoms with Gasteiger partial charge < -0.3 is 14.6 Å². The summed E-state index contributed by atoms with van der Waals surface area (Å²) in [6.07, 6.45) is 5.52. The largest absolute Gasteiger partial charge is 0.463 e. The van der Waals surface area contributed by atoms with Crippen LogP contribution in [0.4, 0.5) is 0 Å². The van der Waals surface area contributed by atoms with E-state index in [1.54, 1.807) is 21.9 Å². The highest BCUT2D eigenvalue weighted by Gasteiger charge is 2.20. The maximum Gasteiger partial charge on any atom is 0.270 e. The smallest absolute Gasteiger partial charge is 0.270 e. The monoisotopic (exact) mass is 379 g/mol. The van der Waals surface area contributed by atoms with Crippen molar-refractivity contribution in [1.29, 1.82) is 0 Å². The summed E-state index contributed by atoms with van der Waals surface area (Å²) >= 11 is 0. The lowest BCUT2D eigenvalue weighted by Crippen LogP contribution is -3.13. The molecule has 6 heteroatoms. The number of rotatable bonds is 6. The highest BCUT2D eigenvalue weighted by molar-refractivity contribution is 5.94. The van der Waals surface area contributed by atoms with E-state index < -0.39 is 0 Å². The molecule has 0 radical (unpaired) electrons. The molecular weight excluding hydrogens is 352 g/mol. The lowest BCUT2D eigenvalue weighted by Gasteiger charge is -2.23. The maximum absolute atomic E-state index is 12.9. The molecule has 0 bridgehead atoms. The molecule has 6 nitrogen and oxygen atoms in total. The number of hydrogen-bond donors (Lipinski definition) is 2. The Morgan fingerprint density at radius 2 is 2.04 bits per heavy atom. The van der Waals surface area contributed by atoms with Crippen molar-refractivity contribution >= 4 is 5.91 Å². The molecular formula is C22H27N4O2+. The second-order valence-corrected chi connectivity index (χ2v) is 7.46. The summed E-state index contributed by atoms with van der Waals surface area (Å²) in [7, 11) is 0. The number of benzene rings is 1. The number of nitrogens with zero attached hydrogens (tertiary/aromatic N) is 2. The van der Waals surface area contributed by atoms with Crippen molar-refractivity contribution in [3.8, 4) is 17.1 Å². The molecule has 1 aromatic carbocycles. The number of aromatic nitrogens is 2. The summed E-state index contributed by atoms with van der Waals surface area (Å²) in [5.41, 5.74) is 3.15. The van der Waals surface area contributed by atoms with Gasteiger partial charge >= 0.3 is 0 Å². The number of carbonyl (C=O) groups is 1. The molecule has 0 saturated carbocycles. The summed E-state index contributed by atoms with van der Waals surface area (Å²) in [6, 6.07) is 13.5. The Kier molecular flexibility index (Phi) is 5.58. The molecule has 1 aliphatic rings. The molecule has 28 heavy (non-hydrogen) atoms. The zero-order valence-electron chi connectivity index (χ0n) is 16.3. The lowest BCUT2D eigenvalue weighted by molar-refractivity contribution is -0.903. The molecule has 0 unspecified atom stereocenters. The van der Waals surface area contributed by atoms with Crippen molar-refractivity contribution in [3.05, 3.63) is 60.0 Å². The van der Waals surface area contributed by atoms with Gasteiger partial charge in [-0.3, -0.25) is 4.79 Å². The fourth-order valence-electron chi connectivity index (χ4n) is 3.79. The van der Waals surface area contributed by atoms with E-state index in [1.165, 1.54) is 32.4 Å². The third kappa shape index (κ3) is 4.17. The van der Waals surface area contributed by atoms with Gasteiger partial charge in [0, 0.05) is 6.07 Å². The third-order valence-corrected chi connectivity index (χ3v) is 5.29. The normalized spacial score (nSPS) is 14.9. The van der Waals surface area contributed by atoms with Crippen LogP contribution in [-0.2, 0) is 0 Å². The first-order valence-electron chi connectivity index (χ1n) is 10.0. The quantitative estimate of drug-likeness (QED) is 0.690. The van der Waals surface area contributed by atoms with Crippen LogP contribution >= 0.6 is 0 Å². The molecule has 1 amide bonds. The fourth-order valence-corrected chi connectivity index (χ4v) is 3.79. The summed E-state index contributed by atoms with van der Waals surface area (Å²) in [5, 5.41) is 7.72. The first-order valence-corrected chi connectivity index (χ1v) is 10.0. The summed E-state index contributed by atoms with van der Waals surface area (Å²) < 4.78 is 7.18. The summed E-state index contributed by atoms with van der Waals surface area (Å²) in [4.78, 5) is 14.5. The van der Waals surface area contributed by atoms with Crippen LogP contribution in [0.2, 0.25) is 0 Å². The zero-order valence-corrected chi connectivity index (χ0v) is 16.3. The summed E-state index contributed by atoms with van der Waals surface area (Å²) in [5.74, 6) is 0.543. The van der Waals surface area contributed by atoms with E-state index in [9.17, 15) is 4.79 Å². The van der Waals surface area contributed by atoms with Crippen LogP contribution in [-0.4, -0.2) is 41.9 Å². The molecule has 2 N–H and O–H groups in total. The maximum atomic E-state index is 12.9. The van der Waals surface area contributed by atoms with Gasteiger partial charge in [0.25, 0.3) is 5.91 Å². The minimum Gasteiger partial charge on any atom is -0.463 e. The molecule has 1 fully saturated rings. The lowest BCUT2D eigenvalue weighted by atomic mass is 10.1. The topological polar surface area (TPSA) is 64.5 Å². The zero-order chi connectivity index (χ0) is 19.3. The highest BCUT2D eigenvalue weighted by atomic mass is 16.3. The Morgan fingerprint density at radius 3 is 2.79 bits per heavy atom. The van der Waals surface area contributed by atoms with Gasteiger partial charge in [-0.2, -0.15) is 5.10 Å². The van der Waals surface area contributed by atoms with Crippen molar-refractivity contribution in [2.24, 2.45) is 0 Å². The van der Waals surface area contributed by atoms with E-state index in [4.69, 9.17) is 4.42 Å². The molecule has 3 aromatic rings. The molecule has 146 valence electrons. The van der Waals surface area contributed by atoms with Gasteiger partial charge in [-0.1, -0.05) is 12.1 Å². The van der Waals surface area contributed by atoms with Crippen molar-refractivity contribution in [1.82, 2.24) is 15.1 Å². The first-order chi connectivity index (χ1) is 13.7. The molecule has 0 atom stereocenters. The number of likely N-dealkylation sites (tertiary alicyclic amines) is 1. The Hall–Kier alpha value is -2.86. The van der Waals surface area contributed by atoms with E-state index in [-0.39, 0.29) is 5.91 Å². The summed E-state index contributed by atoms with van der Waals surface area (Å²) in [6.45, 7) is 6.08. The van der Waals surface area contributed by atoms with Gasteiger partial charge in [-0.05, 0) is 56.0 Å². The predicted octanol–water partition coefficient (Wildman–Crippen LogP) is 2.24. The molecule has 4 rings (SSSR count). The molecule has 2 aromatic heterocycles. The minimum absolute atomic E-state index is 0.108. The molecule has 3 heterocycles. The number of carbonyl (C=O) groups excluding carboxylic acids is 1. The third-order valence-electron chi connectivity index (χ3n) is 5.29. The van der Waals surface area contributed by atoms with Crippen LogP contribution in [0.1, 0.15) is 35.3 Å². The van der Waals surface area contributed by atoms with Gasteiger partial charge in [0.15, 0.2) is 5.76 Å². The average molecular weight is 379 g/mol. The van der Waals surface area contributed by atoms with Gasteiger partial charge in [0.2, 0.25) is 0 Å². The van der Waals surface area contributed by atoms with Gasteiger partial charge in [-0.15, -0.1) is 0 Å². The molecule has 0 aliphatic carbocycles. The SMILES string of the molecule is Cc1cccc(-n2nc(-c3ccco3)cc2C(=O)NCC[NH+]2CCCCC2)c1. The van der Waals surface area contributed by atoms with Crippen LogP contribution in [0.15, 0.2) is 53.1 Å². The number of hydrogen-bond acceptors (Lipinski definition) is 3. The van der Waals surface area contributed by atoms with Crippen molar-refractivity contribution in [2.45, 2.75) is 26.2 Å². The second-order valence-electron chi connectivity index (χ2n) is 7.46. The number of aryl methyl sites for hydroxylation is 1. The predicted molar refractivity (Wildman–Crippen MR) is 108 cm³/mol. The van der Waals surface area contributed by atoms with Crippen molar-refractivity contribution < 1.29 is 14.1 Å². The van der Waals surface area contributed by atoms with Crippen molar-refractivity contribution in [2.75, 3.05) is 26.2 Å². The molecule has 1 aliphatic heterocycles. The molecule has 1 saturated heterocycles. The van der Waals surface area contributed by atoms with Crippen LogP contribution in [0.5, 0.6) is 0 Å². The van der Waals surface area contributed by atoms with Crippen LogP contribution in [0.25, 0.3) is 17.1 Å². The van der Waals surface area contributed by atoms with Crippen LogP contribution < -0.4 is 10.2 Å². The Morgan fingerprint density at radius 1 is 1.18 bits per heavy atom. The van der Waals surface area contributed by atoms with E-state index in [2.05, 4.69) is 10.4 Å². The number of nitrogens with one attached hydrogen (secondary N) is 2. The van der Waals surface area contributed by atoms with Crippen LogP contribution in [0.3, 0.4) is 0 Å². The fraction of sp³-hybridized carbons (Fsp3) is 0.364. The van der Waals surface area contributed by atoms with Gasteiger partial charge in [-0.25, -0.2) is 4.68 Å². The average Bonchev–Trinajstić information content (AvgIpc) is 3.38. The Balaban J connectivity index is 1.54. The van der Waals surface area contributed by atoms with Gasteiger partial charge in [0.05, 0.1) is 38.1 Å². The van der Waals surface area contributed by atoms with E-state index >= 15 is 0 Å².